The quantitative estimate of drug-likeness (QED) is 0.571. The van der Waals surface area contributed by atoms with Crippen LogP contribution in [0.4, 0.5) is 4.79 Å². The number of carboxylic acids is 1. The number of carbonyl (C=O) groups excluding carboxylic acids is 1. The van der Waals surface area contributed by atoms with Crippen LogP contribution in [0.2, 0.25) is 0 Å². The minimum Gasteiger partial charge on any atom is -0.481 e. The summed E-state index contributed by atoms with van der Waals surface area (Å²) in [7, 11) is 0. The lowest BCUT2D eigenvalue weighted by molar-refractivity contribution is -0.137. The minimum atomic E-state index is -0.731. The third-order valence-corrected chi connectivity index (χ3v) is 4.30. The fourth-order valence-electron chi connectivity index (χ4n) is 2.99. The van der Waals surface area contributed by atoms with Crippen molar-refractivity contribution in [1.29, 1.82) is 0 Å². The van der Waals surface area contributed by atoms with Crippen molar-refractivity contribution in [3.63, 3.8) is 0 Å². The van der Waals surface area contributed by atoms with Crippen LogP contribution in [0.1, 0.15) is 71.1 Å². The van der Waals surface area contributed by atoms with Gasteiger partial charge in [-0.25, -0.2) is 4.79 Å². The number of rotatable bonds is 9. The third-order valence-electron chi connectivity index (χ3n) is 4.30. The summed E-state index contributed by atoms with van der Waals surface area (Å²) in [4.78, 5) is 22.1. The van der Waals surface area contributed by atoms with Crippen molar-refractivity contribution in [1.82, 2.24) is 10.6 Å². The first kappa shape index (κ1) is 17.8. The second kappa shape index (κ2) is 10.5. The van der Waals surface area contributed by atoms with E-state index in [9.17, 15) is 9.59 Å². The highest BCUT2D eigenvalue weighted by Gasteiger charge is 2.21. The van der Waals surface area contributed by atoms with Gasteiger partial charge in [0.15, 0.2) is 0 Å². The molecule has 0 heterocycles. The zero-order chi connectivity index (χ0) is 15.5. The van der Waals surface area contributed by atoms with E-state index in [0.29, 0.717) is 12.6 Å². The number of carbonyl (C=O) groups is 2. The molecule has 0 aromatic rings. The van der Waals surface area contributed by atoms with Crippen molar-refractivity contribution in [2.75, 3.05) is 6.54 Å². The number of carboxylic acid groups (broad SMARTS) is 1. The monoisotopic (exact) mass is 298 g/mol. The molecule has 0 bridgehead atoms. The SMILES string of the molecule is CCC1CCCC(NC(=O)NCCCCCCC(=O)O)C1. The Labute approximate surface area is 127 Å². The maximum atomic E-state index is 11.8. The molecule has 5 heteroatoms. The third kappa shape index (κ3) is 8.58. The van der Waals surface area contributed by atoms with E-state index >= 15 is 0 Å². The first-order valence-corrected chi connectivity index (χ1v) is 8.38. The van der Waals surface area contributed by atoms with Crippen molar-refractivity contribution < 1.29 is 14.7 Å². The van der Waals surface area contributed by atoms with Crippen LogP contribution in [-0.2, 0) is 4.79 Å². The molecule has 0 aliphatic heterocycles. The van der Waals surface area contributed by atoms with Crippen molar-refractivity contribution in [3.05, 3.63) is 0 Å². The number of nitrogens with one attached hydrogen (secondary N) is 2. The minimum absolute atomic E-state index is 0.0534. The lowest BCUT2D eigenvalue weighted by Gasteiger charge is -2.29. The first-order valence-electron chi connectivity index (χ1n) is 8.38. The molecular formula is C16H30N2O3. The first-order chi connectivity index (χ1) is 10.1. The van der Waals surface area contributed by atoms with Crippen molar-refractivity contribution in [3.8, 4) is 0 Å². The zero-order valence-electron chi connectivity index (χ0n) is 13.2. The van der Waals surface area contributed by atoms with Crippen LogP contribution in [0.5, 0.6) is 0 Å². The summed E-state index contributed by atoms with van der Waals surface area (Å²) in [5, 5.41) is 14.5. The number of unbranched alkanes of at least 4 members (excludes halogenated alkanes) is 3. The van der Waals surface area contributed by atoms with Gasteiger partial charge in [0.25, 0.3) is 0 Å². The summed E-state index contributed by atoms with van der Waals surface area (Å²) in [6, 6.07) is 0.279. The standard InChI is InChI=1S/C16H30N2O3/c1-2-13-8-7-9-14(12-13)18-16(21)17-11-6-4-3-5-10-15(19)20/h13-14H,2-12H2,1H3,(H,19,20)(H2,17,18,21). The lowest BCUT2D eigenvalue weighted by Crippen LogP contribution is -2.44. The molecule has 122 valence electrons. The largest absolute Gasteiger partial charge is 0.481 e. The number of urea groups is 1. The van der Waals surface area contributed by atoms with Gasteiger partial charge < -0.3 is 15.7 Å². The summed E-state index contributed by atoms with van der Waals surface area (Å²) in [5.41, 5.74) is 0. The molecule has 1 rings (SSSR count). The average Bonchev–Trinajstić information content (AvgIpc) is 2.46. The molecule has 2 unspecified atom stereocenters. The van der Waals surface area contributed by atoms with Crippen molar-refractivity contribution in [2.45, 2.75) is 77.2 Å². The molecule has 3 N–H and O–H groups in total. The maximum absolute atomic E-state index is 11.8. The van der Waals surface area contributed by atoms with Gasteiger partial charge in [0.2, 0.25) is 0 Å². The molecule has 1 fully saturated rings. The highest BCUT2D eigenvalue weighted by atomic mass is 16.4. The van der Waals surface area contributed by atoms with E-state index in [1.807, 2.05) is 0 Å². The Kier molecular flexibility index (Phi) is 8.87. The number of hydrogen-bond donors (Lipinski definition) is 3. The van der Waals surface area contributed by atoms with E-state index in [0.717, 1.165) is 44.4 Å². The van der Waals surface area contributed by atoms with Crippen LogP contribution in [0.25, 0.3) is 0 Å². The second-order valence-electron chi connectivity index (χ2n) is 6.10. The summed E-state index contributed by atoms with van der Waals surface area (Å²) >= 11 is 0. The van der Waals surface area contributed by atoms with E-state index in [1.54, 1.807) is 0 Å². The van der Waals surface area contributed by atoms with E-state index in [2.05, 4.69) is 17.6 Å². The summed E-state index contributed by atoms with van der Waals surface area (Å²) in [6.45, 7) is 2.89. The lowest BCUT2D eigenvalue weighted by atomic mass is 9.84. The van der Waals surface area contributed by atoms with E-state index in [4.69, 9.17) is 5.11 Å². The Morgan fingerprint density at radius 2 is 1.90 bits per heavy atom. The molecule has 2 atom stereocenters. The normalized spacial score (nSPS) is 21.8. The summed E-state index contributed by atoms with van der Waals surface area (Å²) in [5.74, 6) is 0.0312. The zero-order valence-corrected chi connectivity index (χ0v) is 13.2. The number of amides is 2. The molecule has 0 aromatic carbocycles. The van der Waals surface area contributed by atoms with Crippen LogP contribution in [0.3, 0.4) is 0 Å². The Bertz CT molecular complexity index is 321. The van der Waals surface area contributed by atoms with Gasteiger partial charge in [-0.15, -0.1) is 0 Å². The Morgan fingerprint density at radius 3 is 2.62 bits per heavy atom. The topological polar surface area (TPSA) is 78.4 Å². The molecule has 1 saturated carbocycles. The molecule has 0 aromatic heterocycles. The van der Waals surface area contributed by atoms with Gasteiger partial charge in [-0.05, 0) is 31.6 Å². The molecule has 1 aliphatic carbocycles. The van der Waals surface area contributed by atoms with Crippen molar-refractivity contribution >= 4 is 12.0 Å². The van der Waals surface area contributed by atoms with Crippen LogP contribution in [0.15, 0.2) is 0 Å². The molecule has 0 radical (unpaired) electrons. The Morgan fingerprint density at radius 1 is 1.14 bits per heavy atom. The van der Waals surface area contributed by atoms with Gasteiger partial charge in [-0.1, -0.05) is 39.0 Å². The summed E-state index contributed by atoms with van der Waals surface area (Å²) < 4.78 is 0. The van der Waals surface area contributed by atoms with Gasteiger partial charge in [0.1, 0.15) is 0 Å². The maximum Gasteiger partial charge on any atom is 0.315 e. The molecule has 21 heavy (non-hydrogen) atoms. The Hall–Kier alpha value is -1.26. The van der Waals surface area contributed by atoms with Gasteiger partial charge in [0.05, 0.1) is 0 Å². The van der Waals surface area contributed by atoms with Gasteiger partial charge >= 0.3 is 12.0 Å². The van der Waals surface area contributed by atoms with Crippen LogP contribution < -0.4 is 10.6 Å². The predicted molar refractivity (Wildman–Crippen MR) is 83.3 cm³/mol. The molecule has 0 saturated heterocycles. The van der Waals surface area contributed by atoms with E-state index in [1.165, 1.54) is 19.3 Å². The second-order valence-corrected chi connectivity index (χ2v) is 6.10. The molecule has 5 nitrogen and oxygen atoms in total. The van der Waals surface area contributed by atoms with Crippen LogP contribution in [0, 0.1) is 5.92 Å². The van der Waals surface area contributed by atoms with Crippen LogP contribution >= 0.6 is 0 Å². The van der Waals surface area contributed by atoms with Gasteiger partial charge in [-0.3, -0.25) is 4.79 Å². The van der Waals surface area contributed by atoms with E-state index in [-0.39, 0.29) is 12.5 Å². The molecule has 2 amide bonds. The fourth-order valence-corrected chi connectivity index (χ4v) is 2.99. The smallest absolute Gasteiger partial charge is 0.315 e. The van der Waals surface area contributed by atoms with Crippen molar-refractivity contribution in [2.24, 2.45) is 5.92 Å². The van der Waals surface area contributed by atoms with Crippen LogP contribution in [-0.4, -0.2) is 29.7 Å². The average molecular weight is 298 g/mol. The van der Waals surface area contributed by atoms with E-state index < -0.39 is 5.97 Å². The molecular weight excluding hydrogens is 268 g/mol. The number of aliphatic carboxylic acids is 1. The fraction of sp³-hybridized carbons (Fsp3) is 0.875. The highest BCUT2D eigenvalue weighted by Crippen LogP contribution is 2.26. The number of hydrogen-bond acceptors (Lipinski definition) is 2. The predicted octanol–water partition coefficient (Wildman–Crippen LogP) is 3.29. The molecule has 1 aliphatic rings. The highest BCUT2D eigenvalue weighted by molar-refractivity contribution is 5.74. The molecule has 0 spiro atoms. The Balaban J connectivity index is 1.99. The summed E-state index contributed by atoms with van der Waals surface area (Å²) in [6.07, 6.45) is 9.69. The van der Waals surface area contributed by atoms with Gasteiger partial charge in [-0.2, -0.15) is 0 Å². The van der Waals surface area contributed by atoms with Gasteiger partial charge in [0, 0.05) is 19.0 Å².